The van der Waals surface area contributed by atoms with Crippen molar-refractivity contribution in [2.24, 2.45) is 0 Å². The lowest BCUT2D eigenvalue weighted by Crippen LogP contribution is -2.50. The van der Waals surface area contributed by atoms with Gasteiger partial charge in [-0.2, -0.15) is 5.26 Å². The standard InChI is InChI=1S/C10H9N3O3/c11-4-7-1-2-10(9(3-7)13(14)15)16-8-5-12-6-8/h1-3,8,12H,5-6H2. The molecule has 0 bridgehead atoms. The Balaban J connectivity index is 2.28. The van der Waals surface area contributed by atoms with Crippen LogP contribution >= 0.6 is 0 Å². The summed E-state index contributed by atoms with van der Waals surface area (Å²) in [5.74, 6) is 0.218. The van der Waals surface area contributed by atoms with Crippen LogP contribution in [-0.2, 0) is 0 Å². The zero-order valence-electron chi connectivity index (χ0n) is 8.34. The molecule has 0 atom stereocenters. The van der Waals surface area contributed by atoms with Crippen molar-refractivity contribution < 1.29 is 9.66 Å². The molecule has 2 rings (SSSR count). The lowest BCUT2D eigenvalue weighted by Gasteiger charge is -2.27. The molecule has 1 saturated heterocycles. The number of ether oxygens (including phenoxy) is 1. The lowest BCUT2D eigenvalue weighted by molar-refractivity contribution is -0.386. The average Bonchev–Trinajstić information content (AvgIpc) is 2.23. The molecular formula is C10H9N3O3. The summed E-state index contributed by atoms with van der Waals surface area (Å²) >= 11 is 0. The second kappa shape index (κ2) is 4.16. The Hall–Kier alpha value is -2.13. The first-order chi connectivity index (χ1) is 7.70. The predicted octanol–water partition coefficient (Wildman–Crippen LogP) is 0.817. The van der Waals surface area contributed by atoms with Gasteiger partial charge in [0.2, 0.25) is 0 Å². The number of nitrogens with one attached hydrogen (secondary N) is 1. The number of hydrogen-bond donors (Lipinski definition) is 1. The number of nitro groups is 1. The van der Waals surface area contributed by atoms with Gasteiger partial charge in [0.25, 0.3) is 0 Å². The quantitative estimate of drug-likeness (QED) is 0.600. The van der Waals surface area contributed by atoms with E-state index in [0.717, 1.165) is 0 Å². The molecule has 6 nitrogen and oxygen atoms in total. The highest BCUT2D eigenvalue weighted by Gasteiger charge is 2.23. The number of benzene rings is 1. The zero-order chi connectivity index (χ0) is 11.5. The molecule has 16 heavy (non-hydrogen) atoms. The Morgan fingerprint density at radius 3 is 2.81 bits per heavy atom. The number of rotatable bonds is 3. The molecule has 0 unspecified atom stereocenters. The number of hydrogen-bond acceptors (Lipinski definition) is 5. The molecule has 1 aromatic rings. The fraction of sp³-hybridized carbons (Fsp3) is 0.300. The predicted molar refractivity (Wildman–Crippen MR) is 55.1 cm³/mol. The summed E-state index contributed by atoms with van der Waals surface area (Å²) in [7, 11) is 0. The second-order valence-corrected chi connectivity index (χ2v) is 3.45. The number of nitro benzene ring substituents is 1. The molecule has 0 radical (unpaired) electrons. The van der Waals surface area contributed by atoms with Crippen molar-refractivity contribution in [2.45, 2.75) is 6.10 Å². The van der Waals surface area contributed by atoms with Crippen molar-refractivity contribution in [3.63, 3.8) is 0 Å². The summed E-state index contributed by atoms with van der Waals surface area (Å²) in [5, 5.41) is 22.4. The first-order valence-electron chi connectivity index (χ1n) is 4.76. The molecule has 82 valence electrons. The van der Waals surface area contributed by atoms with Crippen LogP contribution in [0.4, 0.5) is 5.69 Å². The molecule has 0 aliphatic carbocycles. The third kappa shape index (κ3) is 1.94. The van der Waals surface area contributed by atoms with Gasteiger partial charge in [-0.25, -0.2) is 0 Å². The molecule has 1 N–H and O–H groups in total. The smallest absolute Gasteiger partial charge is 0.312 e. The fourth-order valence-electron chi connectivity index (χ4n) is 1.35. The van der Waals surface area contributed by atoms with Gasteiger partial charge >= 0.3 is 5.69 Å². The SMILES string of the molecule is N#Cc1ccc(OC2CNC2)c([N+](=O)[O-])c1. The van der Waals surface area contributed by atoms with E-state index in [1.54, 1.807) is 0 Å². The van der Waals surface area contributed by atoms with Crippen LogP contribution in [0.2, 0.25) is 0 Å². The second-order valence-electron chi connectivity index (χ2n) is 3.45. The van der Waals surface area contributed by atoms with Gasteiger partial charge in [-0.15, -0.1) is 0 Å². The monoisotopic (exact) mass is 219 g/mol. The van der Waals surface area contributed by atoms with Gasteiger partial charge in [-0.1, -0.05) is 0 Å². The lowest BCUT2D eigenvalue weighted by atomic mass is 10.2. The molecule has 0 amide bonds. The molecule has 6 heteroatoms. The van der Waals surface area contributed by atoms with Crippen LogP contribution in [0.5, 0.6) is 5.75 Å². The van der Waals surface area contributed by atoms with E-state index in [2.05, 4.69) is 5.32 Å². The van der Waals surface area contributed by atoms with E-state index in [1.807, 2.05) is 6.07 Å². The van der Waals surface area contributed by atoms with Gasteiger partial charge in [-0.3, -0.25) is 10.1 Å². The Morgan fingerprint density at radius 2 is 2.31 bits per heavy atom. The van der Waals surface area contributed by atoms with Crippen molar-refractivity contribution in [1.82, 2.24) is 5.32 Å². The van der Waals surface area contributed by atoms with Gasteiger partial charge in [-0.05, 0) is 12.1 Å². The van der Waals surface area contributed by atoms with E-state index in [-0.39, 0.29) is 23.1 Å². The van der Waals surface area contributed by atoms with Gasteiger partial charge in [0.05, 0.1) is 16.6 Å². The zero-order valence-corrected chi connectivity index (χ0v) is 8.34. The summed E-state index contributed by atoms with van der Waals surface area (Å²) in [6.07, 6.45) is -0.0216. The van der Waals surface area contributed by atoms with Crippen LogP contribution in [0, 0.1) is 21.4 Å². The summed E-state index contributed by atoms with van der Waals surface area (Å²) in [6.45, 7) is 1.38. The van der Waals surface area contributed by atoms with Crippen molar-refractivity contribution in [3.8, 4) is 11.8 Å². The molecule has 1 aliphatic heterocycles. The average molecular weight is 219 g/mol. The summed E-state index contributed by atoms with van der Waals surface area (Å²) in [6, 6.07) is 6.06. The minimum absolute atomic E-state index is 0.0216. The highest BCUT2D eigenvalue weighted by molar-refractivity contribution is 5.51. The molecule has 0 aromatic heterocycles. The van der Waals surface area contributed by atoms with Crippen LogP contribution < -0.4 is 10.1 Å². The Labute approximate surface area is 91.6 Å². The largest absolute Gasteiger partial charge is 0.481 e. The van der Waals surface area contributed by atoms with Crippen LogP contribution in [0.1, 0.15) is 5.56 Å². The van der Waals surface area contributed by atoms with Crippen molar-refractivity contribution in [2.75, 3.05) is 13.1 Å². The van der Waals surface area contributed by atoms with Gasteiger partial charge in [0, 0.05) is 19.2 Å². The third-order valence-electron chi connectivity index (χ3n) is 2.32. The molecule has 0 saturated carbocycles. The molecule has 1 fully saturated rings. The van der Waals surface area contributed by atoms with Crippen LogP contribution in [-0.4, -0.2) is 24.1 Å². The van der Waals surface area contributed by atoms with Crippen molar-refractivity contribution >= 4 is 5.69 Å². The first-order valence-corrected chi connectivity index (χ1v) is 4.76. The maximum atomic E-state index is 10.8. The molecule has 1 aliphatic rings. The van der Waals surface area contributed by atoms with Crippen molar-refractivity contribution in [3.05, 3.63) is 33.9 Å². The van der Waals surface area contributed by atoms with E-state index >= 15 is 0 Å². The summed E-state index contributed by atoms with van der Waals surface area (Å²) in [4.78, 5) is 10.2. The normalized spacial score (nSPS) is 14.9. The Kier molecular flexibility index (Phi) is 2.70. The van der Waals surface area contributed by atoms with Gasteiger partial charge in [0.15, 0.2) is 5.75 Å². The maximum absolute atomic E-state index is 10.8. The highest BCUT2D eigenvalue weighted by Crippen LogP contribution is 2.29. The third-order valence-corrected chi connectivity index (χ3v) is 2.32. The van der Waals surface area contributed by atoms with E-state index in [0.29, 0.717) is 13.1 Å². The van der Waals surface area contributed by atoms with E-state index in [4.69, 9.17) is 10.00 Å². The fourth-order valence-corrected chi connectivity index (χ4v) is 1.35. The van der Waals surface area contributed by atoms with Crippen LogP contribution in [0.3, 0.4) is 0 Å². The Morgan fingerprint density at radius 1 is 1.56 bits per heavy atom. The maximum Gasteiger partial charge on any atom is 0.312 e. The van der Waals surface area contributed by atoms with Gasteiger partial charge < -0.3 is 10.1 Å². The molecule has 1 aromatic carbocycles. The van der Waals surface area contributed by atoms with Crippen LogP contribution in [0.25, 0.3) is 0 Å². The van der Waals surface area contributed by atoms with Gasteiger partial charge in [0.1, 0.15) is 6.10 Å². The number of nitriles is 1. The first kappa shape index (κ1) is 10.4. The summed E-state index contributed by atoms with van der Waals surface area (Å²) < 4.78 is 5.43. The number of nitrogens with zero attached hydrogens (tertiary/aromatic N) is 2. The van der Waals surface area contributed by atoms with E-state index in [1.165, 1.54) is 18.2 Å². The van der Waals surface area contributed by atoms with Crippen molar-refractivity contribution in [1.29, 1.82) is 5.26 Å². The summed E-state index contributed by atoms with van der Waals surface area (Å²) in [5.41, 5.74) is 0.0942. The minimum atomic E-state index is -0.539. The Bertz CT molecular complexity index is 463. The highest BCUT2D eigenvalue weighted by atomic mass is 16.6. The van der Waals surface area contributed by atoms with E-state index in [9.17, 15) is 10.1 Å². The molecule has 1 heterocycles. The topological polar surface area (TPSA) is 88.2 Å². The molecular weight excluding hydrogens is 210 g/mol. The van der Waals surface area contributed by atoms with Crippen LogP contribution in [0.15, 0.2) is 18.2 Å². The minimum Gasteiger partial charge on any atom is -0.481 e. The van der Waals surface area contributed by atoms with E-state index < -0.39 is 4.92 Å². The molecule has 0 spiro atoms.